The van der Waals surface area contributed by atoms with Gasteiger partial charge in [-0.15, -0.1) is 0 Å². The summed E-state index contributed by atoms with van der Waals surface area (Å²) in [6.45, 7) is 7.55. The fourth-order valence-electron chi connectivity index (χ4n) is 2.58. The third-order valence-corrected chi connectivity index (χ3v) is 3.64. The maximum atomic E-state index is 4.49. The van der Waals surface area contributed by atoms with Crippen molar-refractivity contribution in [1.29, 1.82) is 0 Å². The fraction of sp³-hybridized carbons (Fsp3) is 0.733. The molecule has 0 radical (unpaired) electrons. The molecule has 0 unspecified atom stereocenters. The number of aromatic nitrogens is 2. The van der Waals surface area contributed by atoms with E-state index in [9.17, 15) is 0 Å². The first-order chi connectivity index (χ1) is 9.18. The zero-order valence-electron chi connectivity index (χ0n) is 12.4. The molecule has 0 saturated heterocycles. The van der Waals surface area contributed by atoms with Crippen molar-refractivity contribution in [1.82, 2.24) is 15.3 Å². The molecule has 0 aliphatic heterocycles. The molecule has 1 aromatic heterocycles. The van der Waals surface area contributed by atoms with Gasteiger partial charge in [0.05, 0.1) is 0 Å². The van der Waals surface area contributed by atoms with E-state index in [1.165, 1.54) is 24.1 Å². The van der Waals surface area contributed by atoms with Gasteiger partial charge in [0.2, 0.25) is 0 Å². The third-order valence-electron chi connectivity index (χ3n) is 3.64. The Morgan fingerprint density at radius 2 is 2.05 bits per heavy atom. The molecule has 0 atom stereocenters. The maximum Gasteiger partial charge on any atom is 0.135 e. The van der Waals surface area contributed by atoms with Gasteiger partial charge in [0.1, 0.15) is 12.1 Å². The predicted octanol–water partition coefficient (Wildman–Crippen LogP) is 2.04. The second-order valence-corrected chi connectivity index (χ2v) is 5.85. The van der Waals surface area contributed by atoms with Crippen LogP contribution < -0.4 is 10.2 Å². The van der Waals surface area contributed by atoms with Crippen LogP contribution in [0, 0.1) is 5.92 Å². The van der Waals surface area contributed by atoms with Crippen LogP contribution in [0.1, 0.15) is 37.9 Å². The normalized spacial score (nSPS) is 14.5. The standard InChI is InChI=1S/C15H26N4/c1-12(2)10-16-8-9-19(3)15-13-6-4-5-7-14(13)17-11-18-15/h11-12,16H,4-10H2,1-3H3. The van der Waals surface area contributed by atoms with Crippen LogP contribution in [0.15, 0.2) is 6.33 Å². The minimum Gasteiger partial charge on any atom is -0.358 e. The first-order valence-corrected chi connectivity index (χ1v) is 7.43. The monoisotopic (exact) mass is 262 g/mol. The summed E-state index contributed by atoms with van der Waals surface area (Å²) in [5, 5.41) is 3.48. The summed E-state index contributed by atoms with van der Waals surface area (Å²) in [4.78, 5) is 11.2. The van der Waals surface area contributed by atoms with Gasteiger partial charge in [0.25, 0.3) is 0 Å². The number of aryl methyl sites for hydroxylation is 1. The van der Waals surface area contributed by atoms with Crippen LogP contribution >= 0.6 is 0 Å². The van der Waals surface area contributed by atoms with Gasteiger partial charge in [-0.2, -0.15) is 0 Å². The molecule has 0 saturated carbocycles. The highest BCUT2D eigenvalue weighted by atomic mass is 15.2. The lowest BCUT2D eigenvalue weighted by Gasteiger charge is -2.24. The average molecular weight is 262 g/mol. The summed E-state index contributed by atoms with van der Waals surface area (Å²) in [5.74, 6) is 1.84. The molecular formula is C15H26N4. The Morgan fingerprint density at radius 1 is 1.26 bits per heavy atom. The number of anilines is 1. The van der Waals surface area contributed by atoms with Crippen LogP contribution in [0.4, 0.5) is 5.82 Å². The predicted molar refractivity (Wildman–Crippen MR) is 79.7 cm³/mol. The molecule has 2 rings (SSSR count). The molecule has 4 heteroatoms. The Hall–Kier alpha value is -1.16. The van der Waals surface area contributed by atoms with Gasteiger partial charge in [-0.05, 0) is 38.1 Å². The summed E-state index contributed by atoms with van der Waals surface area (Å²) in [6, 6.07) is 0. The Bertz CT molecular complexity index is 403. The van der Waals surface area contributed by atoms with Crippen molar-refractivity contribution in [2.45, 2.75) is 39.5 Å². The van der Waals surface area contributed by atoms with E-state index in [4.69, 9.17) is 0 Å². The molecule has 0 amide bonds. The Morgan fingerprint density at radius 3 is 2.84 bits per heavy atom. The van der Waals surface area contributed by atoms with Gasteiger partial charge >= 0.3 is 0 Å². The van der Waals surface area contributed by atoms with Crippen molar-refractivity contribution in [3.63, 3.8) is 0 Å². The topological polar surface area (TPSA) is 41.0 Å². The molecule has 0 bridgehead atoms. The fourth-order valence-corrected chi connectivity index (χ4v) is 2.58. The zero-order valence-corrected chi connectivity index (χ0v) is 12.4. The number of nitrogens with zero attached hydrogens (tertiary/aromatic N) is 3. The number of hydrogen-bond acceptors (Lipinski definition) is 4. The number of hydrogen-bond donors (Lipinski definition) is 1. The third kappa shape index (κ3) is 3.90. The highest BCUT2D eigenvalue weighted by Gasteiger charge is 2.17. The van der Waals surface area contributed by atoms with Crippen molar-refractivity contribution in [3.8, 4) is 0 Å². The first-order valence-electron chi connectivity index (χ1n) is 7.43. The summed E-state index contributed by atoms with van der Waals surface area (Å²) in [5.41, 5.74) is 2.64. The molecule has 1 heterocycles. The van der Waals surface area contributed by atoms with Crippen molar-refractivity contribution in [2.24, 2.45) is 5.92 Å². The first kappa shape index (κ1) is 14.3. The van der Waals surface area contributed by atoms with Crippen LogP contribution in [0.3, 0.4) is 0 Å². The van der Waals surface area contributed by atoms with E-state index in [-0.39, 0.29) is 0 Å². The highest BCUT2D eigenvalue weighted by Crippen LogP contribution is 2.26. The average Bonchev–Trinajstić information content (AvgIpc) is 2.42. The summed E-state index contributed by atoms with van der Waals surface area (Å²) in [6.07, 6.45) is 6.51. The minimum absolute atomic E-state index is 0.706. The van der Waals surface area contributed by atoms with Gasteiger partial charge in [-0.25, -0.2) is 9.97 Å². The van der Waals surface area contributed by atoms with E-state index in [1.807, 2.05) is 0 Å². The van der Waals surface area contributed by atoms with E-state index < -0.39 is 0 Å². The van der Waals surface area contributed by atoms with Gasteiger partial charge in [-0.3, -0.25) is 0 Å². The quantitative estimate of drug-likeness (QED) is 0.797. The van der Waals surface area contributed by atoms with Gasteiger partial charge in [-0.1, -0.05) is 13.8 Å². The van der Waals surface area contributed by atoms with Crippen molar-refractivity contribution >= 4 is 5.82 Å². The van der Waals surface area contributed by atoms with E-state index in [2.05, 4.69) is 41.1 Å². The summed E-state index contributed by atoms with van der Waals surface area (Å²) >= 11 is 0. The lowest BCUT2D eigenvalue weighted by atomic mass is 9.96. The molecule has 1 aromatic rings. The molecule has 1 aliphatic carbocycles. The second kappa shape index (κ2) is 6.85. The SMILES string of the molecule is CC(C)CNCCN(C)c1ncnc2c1CCCC2. The number of nitrogens with one attached hydrogen (secondary N) is 1. The Kier molecular flexibility index (Phi) is 5.14. The Labute approximate surface area is 116 Å². The van der Waals surface area contributed by atoms with Gasteiger partial charge in [0.15, 0.2) is 0 Å². The molecule has 1 N–H and O–H groups in total. The molecule has 106 valence electrons. The zero-order chi connectivity index (χ0) is 13.7. The van der Waals surface area contributed by atoms with E-state index in [1.54, 1.807) is 6.33 Å². The smallest absolute Gasteiger partial charge is 0.135 e. The molecule has 4 nitrogen and oxygen atoms in total. The number of rotatable bonds is 6. The molecule has 0 aromatic carbocycles. The summed E-state index contributed by atoms with van der Waals surface area (Å²) < 4.78 is 0. The van der Waals surface area contributed by atoms with Gasteiger partial charge in [0, 0.05) is 31.4 Å². The minimum atomic E-state index is 0.706. The van der Waals surface area contributed by atoms with Crippen molar-refractivity contribution in [2.75, 3.05) is 31.6 Å². The molecule has 1 aliphatic rings. The van der Waals surface area contributed by atoms with E-state index >= 15 is 0 Å². The highest BCUT2D eigenvalue weighted by molar-refractivity contribution is 5.48. The maximum absolute atomic E-state index is 4.49. The molecule has 0 spiro atoms. The molecule has 0 fully saturated rings. The van der Waals surface area contributed by atoms with Crippen molar-refractivity contribution < 1.29 is 0 Å². The van der Waals surface area contributed by atoms with Crippen LogP contribution in [-0.4, -0.2) is 36.6 Å². The van der Waals surface area contributed by atoms with Crippen LogP contribution in [0.25, 0.3) is 0 Å². The van der Waals surface area contributed by atoms with Crippen LogP contribution in [0.2, 0.25) is 0 Å². The number of likely N-dealkylation sites (N-methyl/N-ethyl adjacent to an activating group) is 1. The lowest BCUT2D eigenvalue weighted by molar-refractivity contribution is 0.553. The van der Waals surface area contributed by atoms with E-state index in [0.29, 0.717) is 5.92 Å². The van der Waals surface area contributed by atoms with Crippen molar-refractivity contribution in [3.05, 3.63) is 17.6 Å². The molecular weight excluding hydrogens is 236 g/mol. The van der Waals surface area contributed by atoms with Gasteiger partial charge < -0.3 is 10.2 Å². The molecule has 19 heavy (non-hydrogen) atoms. The lowest BCUT2D eigenvalue weighted by Crippen LogP contribution is -2.32. The number of fused-ring (bicyclic) bond motifs is 1. The second-order valence-electron chi connectivity index (χ2n) is 5.85. The summed E-state index contributed by atoms with van der Waals surface area (Å²) in [7, 11) is 2.13. The van der Waals surface area contributed by atoms with Crippen LogP contribution in [0.5, 0.6) is 0 Å². The van der Waals surface area contributed by atoms with Crippen LogP contribution in [-0.2, 0) is 12.8 Å². The van der Waals surface area contributed by atoms with E-state index in [0.717, 1.165) is 38.3 Å². The largest absolute Gasteiger partial charge is 0.358 e. The Balaban J connectivity index is 1.93.